The first kappa shape index (κ1) is 14.1. The topological polar surface area (TPSA) is 67.2 Å². The first-order chi connectivity index (χ1) is 9.24. The molecule has 106 valence electrons. The van der Waals surface area contributed by atoms with E-state index in [9.17, 15) is 4.79 Å². The minimum Gasteiger partial charge on any atom is -0.360 e. The van der Waals surface area contributed by atoms with Crippen LogP contribution in [0.1, 0.15) is 50.0 Å². The molecule has 1 aromatic rings. The van der Waals surface area contributed by atoms with Gasteiger partial charge in [0, 0.05) is 12.1 Å². The lowest BCUT2D eigenvalue weighted by Gasteiger charge is -2.16. The summed E-state index contributed by atoms with van der Waals surface area (Å²) in [7, 11) is 0. The molecule has 0 spiro atoms. The van der Waals surface area contributed by atoms with Gasteiger partial charge in [-0.05, 0) is 19.8 Å². The molecule has 5 heteroatoms. The van der Waals surface area contributed by atoms with Gasteiger partial charge in [0.1, 0.15) is 0 Å². The van der Waals surface area contributed by atoms with Crippen molar-refractivity contribution >= 4 is 5.91 Å². The van der Waals surface area contributed by atoms with Crippen molar-refractivity contribution < 1.29 is 9.32 Å². The second kappa shape index (κ2) is 7.28. The van der Waals surface area contributed by atoms with Crippen LogP contribution < -0.4 is 10.6 Å². The quantitative estimate of drug-likeness (QED) is 0.798. The van der Waals surface area contributed by atoms with Gasteiger partial charge in [0.2, 0.25) is 5.91 Å². The van der Waals surface area contributed by atoms with E-state index in [1.807, 2.05) is 13.0 Å². The number of nitrogens with one attached hydrogen (secondary N) is 2. The van der Waals surface area contributed by atoms with Crippen molar-refractivity contribution in [2.24, 2.45) is 0 Å². The summed E-state index contributed by atoms with van der Waals surface area (Å²) < 4.78 is 5.07. The zero-order valence-electron chi connectivity index (χ0n) is 11.6. The number of nitrogens with zero attached hydrogens (tertiary/aromatic N) is 1. The molecule has 1 saturated carbocycles. The van der Waals surface area contributed by atoms with Gasteiger partial charge in [-0.2, -0.15) is 0 Å². The molecule has 1 amide bonds. The minimum absolute atomic E-state index is 0.0723. The molecule has 0 bridgehead atoms. The summed E-state index contributed by atoms with van der Waals surface area (Å²) in [5.41, 5.74) is 0.861. The maximum atomic E-state index is 11.8. The molecule has 1 fully saturated rings. The van der Waals surface area contributed by atoms with Crippen molar-refractivity contribution in [2.75, 3.05) is 6.54 Å². The van der Waals surface area contributed by atoms with Gasteiger partial charge in [-0.3, -0.25) is 4.79 Å². The molecule has 5 nitrogen and oxygen atoms in total. The van der Waals surface area contributed by atoms with E-state index >= 15 is 0 Å². The minimum atomic E-state index is 0.0723. The van der Waals surface area contributed by atoms with E-state index in [4.69, 9.17) is 4.52 Å². The average molecular weight is 265 g/mol. The van der Waals surface area contributed by atoms with Gasteiger partial charge in [-0.25, -0.2) is 0 Å². The number of amides is 1. The fourth-order valence-corrected chi connectivity index (χ4v) is 2.50. The summed E-state index contributed by atoms with van der Waals surface area (Å²) >= 11 is 0. The zero-order valence-corrected chi connectivity index (χ0v) is 11.6. The van der Waals surface area contributed by atoms with Crippen LogP contribution in [0.25, 0.3) is 0 Å². The highest BCUT2D eigenvalue weighted by molar-refractivity contribution is 5.78. The van der Waals surface area contributed by atoms with Crippen LogP contribution in [0.2, 0.25) is 0 Å². The molecule has 0 aliphatic heterocycles. The molecule has 1 heterocycles. The van der Waals surface area contributed by atoms with E-state index in [1.165, 1.54) is 25.7 Å². The highest BCUT2D eigenvalue weighted by Gasteiger charge is 2.14. The van der Waals surface area contributed by atoms with Gasteiger partial charge >= 0.3 is 0 Å². The van der Waals surface area contributed by atoms with Crippen LogP contribution in [0.15, 0.2) is 10.6 Å². The van der Waals surface area contributed by atoms with Gasteiger partial charge < -0.3 is 15.2 Å². The van der Waals surface area contributed by atoms with Crippen molar-refractivity contribution in [1.29, 1.82) is 0 Å². The van der Waals surface area contributed by atoms with Crippen molar-refractivity contribution in [1.82, 2.24) is 15.8 Å². The van der Waals surface area contributed by atoms with Gasteiger partial charge in [0.15, 0.2) is 5.76 Å². The lowest BCUT2D eigenvalue weighted by molar-refractivity contribution is -0.121. The smallest absolute Gasteiger partial charge is 0.234 e. The van der Waals surface area contributed by atoms with Crippen LogP contribution in [-0.2, 0) is 11.3 Å². The summed E-state index contributed by atoms with van der Waals surface area (Å²) in [6, 6.07) is 2.24. The lowest BCUT2D eigenvalue weighted by atomic mass is 10.1. The van der Waals surface area contributed by atoms with Crippen LogP contribution in [0.4, 0.5) is 0 Å². The van der Waals surface area contributed by atoms with Crippen LogP contribution in [-0.4, -0.2) is 23.7 Å². The molecule has 1 aliphatic carbocycles. The molecule has 2 rings (SSSR count). The Hall–Kier alpha value is -1.36. The van der Waals surface area contributed by atoms with E-state index in [1.54, 1.807) is 0 Å². The van der Waals surface area contributed by atoms with Crippen LogP contribution >= 0.6 is 0 Å². The molecule has 19 heavy (non-hydrogen) atoms. The van der Waals surface area contributed by atoms with Crippen molar-refractivity contribution in [3.8, 4) is 0 Å². The molecule has 0 unspecified atom stereocenters. The van der Waals surface area contributed by atoms with Crippen molar-refractivity contribution in [2.45, 2.75) is 58.0 Å². The van der Waals surface area contributed by atoms with E-state index in [2.05, 4.69) is 15.8 Å². The summed E-state index contributed by atoms with van der Waals surface area (Å²) in [6.45, 7) is 2.75. The Kier molecular flexibility index (Phi) is 5.39. The fraction of sp³-hybridized carbons (Fsp3) is 0.714. The Labute approximate surface area is 114 Å². The third kappa shape index (κ3) is 5.03. The highest BCUT2D eigenvalue weighted by Crippen LogP contribution is 2.16. The number of hydrogen-bond acceptors (Lipinski definition) is 4. The normalized spacial score (nSPS) is 17.1. The first-order valence-corrected chi connectivity index (χ1v) is 7.16. The Morgan fingerprint density at radius 1 is 1.37 bits per heavy atom. The molecule has 0 saturated heterocycles. The largest absolute Gasteiger partial charge is 0.360 e. The summed E-state index contributed by atoms with van der Waals surface area (Å²) in [5, 5.41) is 9.98. The van der Waals surface area contributed by atoms with Crippen LogP contribution in [0.3, 0.4) is 0 Å². The second-order valence-corrected chi connectivity index (χ2v) is 5.29. The van der Waals surface area contributed by atoms with Crippen LogP contribution in [0.5, 0.6) is 0 Å². The monoisotopic (exact) mass is 265 g/mol. The molecular formula is C14H23N3O2. The number of aromatic nitrogens is 1. The third-order valence-corrected chi connectivity index (χ3v) is 3.48. The predicted molar refractivity (Wildman–Crippen MR) is 72.6 cm³/mol. The standard InChI is InChI=1S/C14H23N3O2/c1-11-8-13(19-17-11)9-15-10-14(18)16-12-6-4-2-3-5-7-12/h8,12,15H,2-7,9-10H2,1H3,(H,16,18). The van der Waals surface area contributed by atoms with E-state index in [-0.39, 0.29) is 5.91 Å². The Balaban J connectivity index is 1.63. The molecule has 1 aliphatic rings. The average Bonchev–Trinajstić information content (AvgIpc) is 2.63. The van der Waals surface area contributed by atoms with E-state index < -0.39 is 0 Å². The summed E-state index contributed by atoms with van der Waals surface area (Å²) in [4.78, 5) is 11.8. The number of carbonyl (C=O) groups excluding carboxylic acids is 1. The molecule has 0 aromatic carbocycles. The van der Waals surface area contributed by atoms with E-state index in [0.29, 0.717) is 19.1 Å². The molecule has 0 radical (unpaired) electrons. The Bertz CT molecular complexity index is 395. The molecule has 1 aromatic heterocycles. The molecule has 0 atom stereocenters. The zero-order chi connectivity index (χ0) is 13.5. The Morgan fingerprint density at radius 2 is 2.11 bits per heavy atom. The highest BCUT2D eigenvalue weighted by atomic mass is 16.5. The first-order valence-electron chi connectivity index (χ1n) is 7.16. The summed E-state index contributed by atoms with van der Waals surface area (Å²) in [5.74, 6) is 0.836. The van der Waals surface area contributed by atoms with Crippen molar-refractivity contribution in [3.63, 3.8) is 0 Å². The predicted octanol–water partition coefficient (Wildman–Crippen LogP) is 1.91. The molecule has 2 N–H and O–H groups in total. The van der Waals surface area contributed by atoms with Crippen LogP contribution in [0, 0.1) is 6.92 Å². The fourth-order valence-electron chi connectivity index (χ4n) is 2.50. The maximum absolute atomic E-state index is 11.8. The van der Waals surface area contributed by atoms with E-state index in [0.717, 1.165) is 24.3 Å². The van der Waals surface area contributed by atoms with Gasteiger partial charge in [0.25, 0.3) is 0 Å². The second-order valence-electron chi connectivity index (χ2n) is 5.29. The number of rotatable bonds is 5. The lowest BCUT2D eigenvalue weighted by Crippen LogP contribution is -2.40. The van der Waals surface area contributed by atoms with Gasteiger partial charge in [-0.15, -0.1) is 0 Å². The summed E-state index contributed by atoms with van der Waals surface area (Å²) in [6.07, 6.45) is 7.30. The number of aryl methyl sites for hydroxylation is 1. The van der Waals surface area contributed by atoms with Gasteiger partial charge in [-0.1, -0.05) is 30.8 Å². The number of carbonyl (C=O) groups is 1. The van der Waals surface area contributed by atoms with Crippen molar-refractivity contribution in [3.05, 3.63) is 17.5 Å². The SMILES string of the molecule is Cc1cc(CNCC(=O)NC2CCCCCC2)on1. The maximum Gasteiger partial charge on any atom is 0.234 e. The third-order valence-electron chi connectivity index (χ3n) is 3.48. The molecular weight excluding hydrogens is 242 g/mol. The Morgan fingerprint density at radius 3 is 2.74 bits per heavy atom. The van der Waals surface area contributed by atoms with Gasteiger partial charge in [0.05, 0.1) is 18.8 Å². The number of hydrogen-bond donors (Lipinski definition) is 2.